The SMILES string of the molecule is CN=C(NCCc1ccc(C)c(OC)c1)NCC(c1ccccc1)N1CCOCC1.I. The highest BCUT2D eigenvalue weighted by Crippen LogP contribution is 2.21. The molecule has 0 aromatic heterocycles. The normalized spacial score (nSPS) is 15.6. The lowest BCUT2D eigenvalue weighted by Gasteiger charge is -2.35. The van der Waals surface area contributed by atoms with Crippen molar-refractivity contribution in [3.8, 4) is 5.75 Å². The van der Waals surface area contributed by atoms with Gasteiger partial charge in [-0.3, -0.25) is 9.89 Å². The van der Waals surface area contributed by atoms with E-state index < -0.39 is 0 Å². The van der Waals surface area contributed by atoms with Crippen molar-refractivity contribution in [2.75, 3.05) is 53.6 Å². The molecule has 0 amide bonds. The molecule has 1 heterocycles. The third-order valence-electron chi connectivity index (χ3n) is 5.54. The molecule has 1 saturated heterocycles. The number of guanidine groups is 1. The van der Waals surface area contributed by atoms with Crippen molar-refractivity contribution < 1.29 is 9.47 Å². The number of nitrogens with zero attached hydrogens (tertiary/aromatic N) is 2. The van der Waals surface area contributed by atoms with Crippen molar-refractivity contribution in [3.63, 3.8) is 0 Å². The number of rotatable bonds is 8. The zero-order valence-corrected chi connectivity index (χ0v) is 21.1. The van der Waals surface area contributed by atoms with Crippen LogP contribution in [-0.2, 0) is 11.2 Å². The van der Waals surface area contributed by atoms with Crippen LogP contribution in [0.3, 0.4) is 0 Å². The van der Waals surface area contributed by atoms with Gasteiger partial charge in [0, 0.05) is 33.2 Å². The van der Waals surface area contributed by atoms with Crippen molar-refractivity contribution in [1.82, 2.24) is 15.5 Å². The number of halogens is 1. The maximum absolute atomic E-state index is 5.54. The molecule has 1 aliphatic rings. The van der Waals surface area contributed by atoms with E-state index in [2.05, 4.69) is 76.0 Å². The Balaban J connectivity index is 0.00000341. The number of nitrogens with one attached hydrogen (secondary N) is 2. The minimum Gasteiger partial charge on any atom is -0.496 e. The number of ether oxygens (including phenoxy) is 2. The van der Waals surface area contributed by atoms with Crippen molar-refractivity contribution in [3.05, 3.63) is 65.2 Å². The summed E-state index contributed by atoms with van der Waals surface area (Å²) < 4.78 is 11.0. The van der Waals surface area contributed by atoms with Crippen molar-refractivity contribution in [1.29, 1.82) is 0 Å². The van der Waals surface area contributed by atoms with Gasteiger partial charge in [-0.15, -0.1) is 24.0 Å². The van der Waals surface area contributed by atoms with E-state index in [0.29, 0.717) is 0 Å². The average molecular weight is 538 g/mol. The van der Waals surface area contributed by atoms with Gasteiger partial charge in [0.25, 0.3) is 0 Å². The minimum atomic E-state index is 0. The van der Waals surface area contributed by atoms with Crippen LogP contribution in [0.4, 0.5) is 0 Å². The molecule has 0 radical (unpaired) electrons. The number of morpholine rings is 1. The van der Waals surface area contributed by atoms with Gasteiger partial charge in [0.05, 0.1) is 26.4 Å². The van der Waals surface area contributed by atoms with Gasteiger partial charge in [0.2, 0.25) is 0 Å². The fourth-order valence-electron chi connectivity index (χ4n) is 3.78. The number of hydrogen-bond acceptors (Lipinski definition) is 4. The van der Waals surface area contributed by atoms with Gasteiger partial charge in [-0.25, -0.2) is 0 Å². The van der Waals surface area contributed by atoms with Crippen LogP contribution in [0.1, 0.15) is 22.7 Å². The second-order valence-electron chi connectivity index (χ2n) is 7.51. The molecule has 0 aliphatic carbocycles. The Hall–Kier alpha value is -1.84. The first-order valence-corrected chi connectivity index (χ1v) is 10.7. The Labute approximate surface area is 203 Å². The van der Waals surface area contributed by atoms with E-state index in [1.165, 1.54) is 11.1 Å². The van der Waals surface area contributed by atoms with E-state index in [-0.39, 0.29) is 30.0 Å². The molecule has 1 aliphatic heterocycles. The largest absolute Gasteiger partial charge is 0.496 e. The Morgan fingerprint density at radius 3 is 2.55 bits per heavy atom. The van der Waals surface area contributed by atoms with E-state index in [9.17, 15) is 0 Å². The number of aryl methyl sites for hydroxylation is 1. The molecule has 2 N–H and O–H groups in total. The smallest absolute Gasteiger partial charge is 0.191 e. The molecule has 1 unspecified atom stereocenters. The van der Waals surface area contributed by atoms with E-state index in [1.807, 2.05) is 7.05 Å². The molecular formula is C24H35IN4O2. The molecule has 7 heteroatoms. The van der Waals surface area contributed by atoms with Gasteiger partial charge in [-0.1, -0.05) is 42.5 Å². The fraction of sp³-hybridized carbons (Fsp3) is 0.458. The first-order valence-electron chi connectivity index (χ1n) is 10.7. The average Bonchev–Trinajstić information content (AvgIpc) is 2.80. The monoisotopic (exact) mass is 538 g/mol. The molecule has 170 valence electrons. The predicted octanol–water partition coefficient (Wildman–Crippen LogP) is 3.40. The van der Waals surface area contributed by atoms with Crippen molar-refractivity contribution >= 4 is 29.9 Å². The van der Waals surface area contributed by atoms with Crippen LogP contribution < -0.4 is 15.4 Å². The zero-order chi connectivity index (χ0) is 21.2. The number of aliphatic imine (C=N–C) groups is 1. The summed E-state index contributed by atoms with van der Waals surface area (Å²) in [4.78, 5) is 6.89. The Morgan fingerprint density at radius 1 is 1.13 bits per heavy atom. The highest BCUT2D eigenvalue weighted by molar-refractivity contribution is 14.0. The van der Waals surface area contributed by atoms with Gasteiger partial charge in [0.1, 0.15) is 5.75 Å². The van der Waals surface area contributed by atoms with Crippen molar-refractivity contribution in [2.24, 2.45) is 4.99 Å². The first-order chi connectivity index (χ1) is 14.7. The molecule has 1 fully saturated rings. The lowest BCUT2D eigenvalue weighted by molar-refractivity contribution is 0.0170. The summed E-state index contributed by atoms with van der Waals surface area (Å²) in [5.41, 5.74) is 3.71. The molecule has 0 bridgehead atoms. The van der Waals surface area contributed by atoms with Crippen LogP contribution in [0.15, 0.2) is 53.5 Å². The summed E-state index contributed by atoms with van der Waals surface area (Å²) in [5, 5.41) is 6.95. The third kappa shape index (κ3) is 7.66. The number of hydrogen-bond donors (Lipinski definition) is 2. The maximum atomic E-state index is 5.54. The van der Waals surface area contributed by atoms with Gasteiger partial charge in [-0.2, -0.15) is 0 Å². The highest BCUT2D eigenvalue weighted by Gasteiger charge is 2.22. The molecule has 1 atom stereocenters. The number of benzene rings is 2. The Morgan fingerprint density at radius 2 is 1.87 bits per heavy atom. The van der Waals surface area contributed by atoms with Crippen LogP contribution in [0.5, 0.6) is 5.75 Å². The van der Waals surface area contributed by atoms with Crippen LogP contribution in [0.25, 0.3) is 0 Å². The summed E-state index contributed by atoms with van der Waals surface area (Å²) in [7, 11) is 3.53. The summed E-state index contributed by atoms with van der Waals surface area (Å²) in [6.45, 7) is 7.13. The van der Waals surface area contributed by atoms with Crippen molar-refractivity contribution in [2.45, 2.75) is 19.4 Å². The molecule has 2 aromatic carbocycles. The number of methoxy groups -OCH3 is 1. The van der Waals surface area contributed by atoms with E-state index in [0.717, 1.165) is 63.1 Å². The summed E-state index contributed by atoms with van der Waals surface area (Å²) in [5.74, 6) is 1.76. The molecule has 2 aromatic rings. The third-order valence-corrected chi connectivity index (χ3v) is 5.54. The maximum Gasteiger partial charge on any atom is 0.191 e. The standard InChI is InChI=1S/C24H34N4O2.HI/c1-19-9-10-20(17-23(19)29-3)11-12-26-24(25-2)27-18-22(21-7-5-4-6-8-21)28-13-15-30-16-14-28;/h4-10,17,22H,11-16,18H2,1-3H3,(H2,25,26,27);1H. The predicted molar refractivity (Wildman–Crippen MR) is 138 cm³/mol. The topological polar surface area (TPSA) is 58.1 Å². The van der Waals surface area contributed by atoms with Crippen LogP contribution in [-0.4, -0.2) is 64.4 Å². The minimum absolute atomic E-state index is 0. The molecule has 6 nitrogen and oxygen atoms in total. The first kappa shape index (κ1) is 25.4. The Kier molecular flexibility index (Phi) is 11.1. The van der Waals surface area contributed by atoms with Crippen LogP contribution >= 0.6 is 24.0 Å². The zero-order valence-electron chi connectivity index (χ0n) is 18.8. The van der Waals surface area contributed by atoms with Crippen LogP contribution in [0, 0.1) is 6.92 Å². The summed E-state index contributed by atoms with van der Waals surface area (Å²) in [6, 6.07) is 17.3. The molecule has 31 heavy (non-hydrogen) atoms. The second kappa shape index (κ2) is 13.5. The summed E-state index contributed by atoms with van der Waals surface area (Å²) in [6.07, 6.45) is 0.906. The van der Waals surface area contributed by atoms with E-state index >= 15 is 0 Å². The fourth-order valence-corrected chi connectivity index (χ4v) is 3.78. The second-order valence-corrected chi connectivity index (χ2v) is 7.51. The van der Waals surface area contributed by atoms with E-state index in [1.54, 1.807) is 7.11 Å². The van der Waals surface area contributed by atoms with Gasteiger partial charge in [-0.05, 0) is 36.1 Å². The van der Waals surface area contributed by atoms with Crippen LogP contribution in [0.2, 0.25) is 0 Å². The highest BCUT2D eigenvalue weighted by atomic mass is 127. The molecule has 3 rings (SSSR count). The van der Waals surface area contributed by atoms with E-state index in [4.69, 9.17) is 9.47 Å². The van der Waals surface area contributed by atoms with Gasteiger partial charge < -0.3 is 20.1 Å². The lowest BCUT2D eigenvalue weighted by atomic mass is 10.0. The Bertz CT molecular complexity index is 810. The molecule has 0 saturated carbocycles. The lowest BCUT2D eigenvalue weighted by Crippen LogP contribution is -2.46. The summed E-state index contributed by atoms with van der Waals surface area (Å²) >= 11 is 0. The molecule has 0 spiro atoms. The van der Waals surface area contributed by atoms with Gasteiger partial charge in [0.15, 0.2) is 5.96 Å². The van der Waals surface area contributed by atoms with Gasteiger partial charge >= 0.3 is 0 Å². The molecular weight excluding hydrogens is 503 g/mol. The quantitative estimate of drug-likeness (QED) is 0.307.